The molecule has 18 heteroatoms. The first kappa shape index (κ1) is 43.7. The van der Waals surface area contributed by atoms with Gasteiger partial charge in [0.25, 0.3) is 0 Å². The third kappa shape index (κ3) is 6.65. The van der Waals surface area contributed by atoms with Gasteiger partial charge in [-0.25, -0.2) is 0 Å². The summed E-state index contributed by atoms with van der Waals surface area (Å²) >= 11 is 0. The zero-order valence-corrected chi connectivity index (χ0v) is 32.7. The number of fused-ring (bicyclic) bond motifs is 3. The van der Waals surface area contributed by atoms with Crippen molar-refractivity contribution in [1.82, 2.24) is 0 Å². The van der Waals surface area contributed by atoms with E-state index < -0.39 is 129 Å². The summed E-state index contributed by atoms with van der Waals surface area (Å²) < 4.78 is 35.8. The summed E-state index contributed by atoms with van der Waals surface area (Å²) in [5.74, 6) is -0.812. The molecule has 17 unspecified atom stereocenters. The van der Waals surface area contributed by atoms with Crippen molar-refractivity contribution in [2.75, 3.05) is 19.8 Å². The van der Waals surface area contributed by atoms with Gasteiger partial charge in [0, 0.05) is 0 Å². The first-order valence-corrected chi connectivity index (χ1v) is 20.3. The highest BCUT2D eigenvalue weighted by Gasteiger charge is 2.72. The second-order valence-electron chi connectivity index (χ2n) is 18.3. The van der Waals surface area contributed by atoms with Crippen LogP contribution in [0.25, 0.3) is 0 Å². The Balaban J connectivity index is 1.13. The standard InChI is InChI=1S/C39H62O18/c1-16-12-38-10-6-21-36(3,8-5-9-37(21,4)35(51)56-33-30(50)27(47)24(44)19(14-41)53-33)22(38)7-11-39(16,17(38)2)57-34-31(28(48)25(45)20(15-42)54-34)55-32-29(49)26(46)23(43)18(13-40)52-32/h17-34,40-50H,1,5-15H2,2-4H3/t17-,18?,19?,20?,21?,22?,23?,24?,25?,26?,27?,28?,29?,30?,31?,32?,33?,34?,36-,37-,38-,39-/m1/s1. The lowest BCUT2D eigenvalue weighted by atomic mass is 9.39. The SMILES string of the molecule is C=C1C[C@@]23CCC4[C@@](C)(CCC[C@@]4(C)C(=O)OC4OC(CO)C(O)C(O)C4O)C2CC[C@]1(OC1OC(CO)C(O)C(O)C1OC1OC(CO)C(O)C(O)C1O)[C@@H]3C. The van der Waals surface area contributed by atoms with E-state index in [1.807, 2.05) is 6.92 Å². The molecular formula is C39H62O18. The number of carbonyl (C=O) groups excluding carboxylic acids is 1. The molecule has 11 N–H and O–H groups in total. The molecule has 7 fully saturated rings. The fourth-order valence-electron chi connectivity index (χ4n) is 12.5. The maximum absolute atomic E-state index is 14.2. The van der Waals surface area contributed by atoms with E-state index in [4.69, 9.17) is 28.4 Å². The molecule has 4 aliphatic carbocycles. The Kier molecular flexibility index (Phi) is 12.1. The summed E-state index contributed by atoms with van der Waals surface area (Å²) in [4.78, 5) is 14.2. The van der Waals surface area contributed by atoms with Gasteiger partial charge in [-0.1, -0.05) is 26.8 Å². The van der Waals surface area contributed by atoms with Crippen molar-refractivity contribution in [3.63, 3.8) is 0 Å². The minimum Gasteiger partial charge on any atom is -0.432 e. The Hall–Kier alpha value is -1.43. The van der Waals surface area contributed by atoms with Gasteiger partial charge in [0.1, 0.15) is 73.2 Å². The van der Waals surface area contributed by atoms with Crippen LogP contribution >= 0.6 is 0 Å². The zero-order chi connectivity index (χ0) is 41.6. The van der Waals surface area contributed by atoms with Crippen molar-refractivity contribution in [3.8, 4) is 0 Å². The lowest BCUT2D eigenvalue weighted by Gasteiger charge is -2.66. The molecule has 0 radical (unpaired) electrons. The van der Waals surface area contributed by atoms with Crippen molar-refractivity contribution in [2.45, 2.75) is 170 Å². The van der Waals surface area contributed by atoms with Gasteiger partial charge in [-0.3, -0.25) is 4.79 Å². The Morgan fingerprint density at radius 1 is 0.684 bits per heavy atom. The predicted octanol–water partition coefficient (Wildman–Crippen LogP) is -2.69. The van der Waals surface area contributed by atoms with Crippen LogP contribution in [0.4, 0.5) is 0 Å². The minimum absolute atomic E-state index is 0.0976. The molecule has 3 saturated heterocycles. The lowest BCUT2D eigenvalue weighted by Crippen LogP contribution is -2.66. The van der Waals surface area contributed by atoms with Crippen LogP contribution in [0.3, 0.4) is 0 Å². The van der Waals surface area contributed by atoms with Gasteiger partial charge in [-0.15, -0.1) is 0 Å². The highest BCUT2D eigenvalue weighted by Crippen LogP contribution is 2.75. The van der Waals surface area contributed by atoms with Crippen molar-refractivity contribution < 1.29 is 89.4 Å². The molecule has 1 spiro atoms. The molecule has 0 aromatic rings. The van der Waals surface area contributed by atoms with Gasteiger partial charge in [0.2, 0.25) is 6.29 Å². The Labute approximate surface area is 330 Å². The summed E-state index contributed by atoms with van der Waals surface area (Å²) in [6, 6.07) is 0. The third-order valence-electron chi connectivity index (χ3n) is 15.7. The van der Waals surface area contributed by atoms with E-state index in [9.17, 15) is 61.0 Å². The Morgan fingerprint density at radius 3 is 1.81 bits per heavy atom. The van der Waals surface area contributed by atoms with Gasteiger partial charge < -0.3 is 84.6 Å². The van der Waals surface area contributed by atoms with E-state index in [1.54, 1.807) is 0 Å². The Morgan fingerprint density at radius 2 is 1.21 bits per heavy atom. The number of hydrogen-bond acceptors (Lipinski definition) is 18. The van der Waals surface area contributed by atoms with Gasteiger partial charge in [-0.2, -0.15) is 0 Å². The summed E-state index contributed by atoms with van der Waals surface area (Å²) in [5.41, 5.74) is -1.92. The van der Waals surface area contributed by atoms with Crippen LogP contribution in [0.2, 0.25) is 0 Å². The summed E-state index contributed by atoms with van der Waals surface area (Å²) in [5, 5.41) is 114. The summed E-state index contributed by atoms with van der Waals surface area (Å²) in [6.07, 6.45) is -18.5. The highest BCUT2D eigenvalue weighted by molar-refractivity contribution is 5.77. The van der Waals surface area contributed by atoms with Crippen molar-refractivity contribution in [2.24, 2.45) is 34.0 Å². The molecule has 22 atom stereocenters. The molecule has 2 bridgehead atoms. The molecule has 3 aliphatic heterocycles. The van der Waals surface area contributed by atoms with Crippen molar-refractivity contribution in [1.29, 1.82) is 0 Å². The number of esters is 1. The Bertz CT molecular complexity index is 1480. The van der Waals surface area contributed by atoms with Gasteiger partial charge in [0.15, 0.2) is 12.6 Å². The molecule has 4 saturated carbocycles. The van der Waals surface area contributed by atoms with E-state index >= 15 is 0 Å². The van der Waals surface area contributed by atoms with Crippen LogP contribution in [-0.4, -0.2) is 180 Å². The van der Waals surface area contributed by atoms with Crippen LogP contribution in [0, 0.1) is 34.0 Å². The molecule has 7 rings (SSSR count). The molecular weight excluding hydrogens is 756 g/mol. The van der Waals surface area contributed by atoms with Crippen LogP contribution in [0.5, 0.6) is 0 Å². The number of hydrogen-bond donors (Lipinski definition) is 11. The number of aliphatic hydroxyl groups is 11. The molecule has 326 valence electrons. The molecule has 0 aromatic heterocycles. The lowest BCUT2D eigenvalue weighted by molar-refractivity contribution is -0.381. The normalized spacial score (nSPS) is 55.2. The minimum atomic E-state index is -1.81. The first-order valence-electron chi connectivity index (χ1n) is 20.3. The monoisotopic (exact) mass is 818 g/mol. The van der Waals surface area contributed by atoms with E-state index in [1.165, 1.54) is 0 Å². The first-order chi connectivity index (χ1) is 26.8. The van der Waals surface area contributed by atoms with E-state index in [0.717, 1.165) is 12.0 Å². The summed E-state index contributed by atoms with van der Waals surface area (Å²) in [6.45, 7) is 8.66. The van der Waals surface area contributed by atoms with E-state index in [0.29, 0.717) is 44.9 Å². The molecule has 0 aromatic carbocycles. The van der Waals surface area contributed by atoms with Crippen LogP contribution in [0.15, 0.2) is 12.2 Å². The van der Waals surface area contributed by atoms with Gasteiger partial charge in [0.05, 0.1) is 30.8 Å². The number of aliphatic hydroxyl groups excluding tert-OH is 11. The fourth-order valence-corrected chi connectivity index (χ4v) is 12.5. The van der Waals surface area contributed by atoms with Crippen molar-refractivity contribution >= 4 is 5.97 Å². The number of rotatable bonds is 9. The zero-order valence-electron chi connectivity index (χ0n) is 32.7. The highest BCUT2D eigenvalue weighted by atomic mass is 16.8. The molecule has 3 heterocycles. The van der Waals surface area contributed by atoms with Crippen LogP contribution < -0.4 is 0 Å². The van der Waals surface area contributed by atoms with Crippen LogP contribution in [-0.2, 0) is 33.2 Å². The van der Waals surface area contributed by atoms with E-state index in [2.05, 4.69) is 20.4 Å². The van der Waals surface area contributed by atoms with Gasteiger partial charge in [-0.05, 0) is 86.0 Å². The second-order valence-corrected chi connectivity index (χ2v) is 18.3. The molecule has 57 heavy (non-hydrogen) atoms. The van der Waals surface area contributed by atoms with Crippen LogP contribution in [0.1, 0.15) is 72.1 Å². The maximum atomic E-state index is 14.2. The predicted molar refractivity (Wildman–Crippen MR) is 191 cm³/mol. The number of ether oxygens (including phenoxy) is 6. The van der Waals surface area contributed by atoms with E-state index in [-0.39, 0.29) is 28.6 Å². The topological polar surface area (TPSA) is 295 Å². The second kappa shape index (κ2) is 15.8. The average Bonchev–Trinajstić information content (AvgIpc) is 3.28. The summed E-state index contributed by atoms with van der Waals surface area (Å²) in [7, 11) is 0. The molecule has 7 aliphatic rings. The largest absolute Gasteiger partial charge is 0.432 e. The van der Waals surface area contributed by atoms with Gasteiger partial charge >= 0.3 is 5.97 Å². The quantitative estimate of drug-likeness (QED) is 0.0641. The molecule has 18 nitrogen and oxygen atoms in total. The average molecular weight is 819 g/mol. The molecule has 0 amide bonds. The third-order valence-corrected chi connectivity index (χ3v) is 15.7. The smallest absolute Gasteiger partial charge is 0.314 e. The van der Waals surface area contributed by atoms with Crippen molar-refractivity contribution in [3.05, 3.63) is 12.2 Å². The maximum Gasteiger partial charge on any atom is 0.314 e. The number of carbonyl (C=O) groups is 1. The fraction of sp³-hybridized carbons (Fsp3) is 0.923.